The summed E-state index contributed by atoms with van der Waals surface area (Å²) in [6.07, 6.45) is 0. The zero-order valence-electron chi connectivity index (χ0n) is 17.6. The molecule has 0 saturated carbocycles. The molecule has 0 fully saturated rings. The maximum atomic E-state index is 13.2. The van der Waals surface area contributed by atoms with Gasteiger partial charge in [-0.1, -0.05) is 25.1 Å². The first-order valence-electron chi connectivity index (χ1n) is 9.88. The van der Waals surface area contributed by atoms with E-state index in [-0.39, 0.29) is 17.7 Å². The number of nitrogens with one attached hydrogen (secondary N) is 2. The average Bonchev–Trinajstić information content (AvgIpc) is 3.33. The summed E-state index contributed by atoms with van der Waals surface area (Å²) in [5, 5.41) is 10.3. The zero-order chi connectivity index (χ0) is 22.1. The quantitative estimate of drug-likeness (QED) is 0.437. The predicted octanol–water partition coefficient (Wildman–Crippen LogP) is 5.41. The van der Waals surface area contributed by atoms with Crippen molar-refractivity contribution < 1.29 is 14.1 Å². The highest BCUT2D eigenvalue weighted by Gasteiger charge is 2.20. The third-order valence-electron chi connectivity index (χ3n) is 4.77. The van der Waals surface area contributed by atoms with Gasteiger partial charge in [-0.25, -0.2) is 4.98 Å². The minimum absolute atomic E-state index is 0.0877. The first-order valence-corrected chi connectivity index (χ1v) is 10.7. The van der Waals surface area contributed by atoms with Crippen molar-refractivity contribution in [1.29, 1.82) is 0 Å². The molecule has 3 aromatic heterocycles. The summed E-state index contributed by atoms with van der Waals surface area (Å²) < 4.78 is 5.36. The lowest BCUT2D eigenvalue weighted by molar-refractivity contribution is -0.118. The molecular weight excluding hydrogens is 412 g/mol. The van der Waals surface area contributed by atoms with Crippen molar-refractivity contribution in [1.82, 2.24) is 10.1 Å². The molecule has 0 unspecified atom stereocenters. The fraction of sp³-hybridized carbons (Fsp3) is 0.217. The Morgan fingerprint density at radius 1 is 1.03 bits per heavy atom. The van der Waals surface area contributed by atoms with Crippen LogP contribution in [0.1, 0.15) is 34.8 Å². The van der Waals surface area contributed by atoms with Gasteiger partial charge in [0.2, 0.25) is 5.91 Å². The van der Waals surface area contributed by atoms with Gasteiger partial charge in [0.25, 0.3) is 11.6 Å². The molecule has 0 spiro atoms. The second-order valence-corrected chi connectivity index (χ2v) is 8.88. The molecule has 0 bridgehead atoms. The van der Waals surface area contributed by atoms with Crippen LogP contribution in [0.25, 0.3) is 21.7 Å². The van der Waals surface area contributed by atoms with Crippen LogP contribution in [0.4, 0.5) is 11.4 Å². The first-order chi connectivity index (χ1) is 14.8. The normalized spacial score (nSPS) is 11.1. The Hall–Kier alpha value is -3.52. The summed E-state index contributed by atoms with van der Waals surface area (Å²) in [6, 6.07) is 12.8. The number of carbonyl (C=O) groups excluding carboxylic acids is 2. The molecule has 0 atom stereocenters. The molecular formula is C23H22N4O3S. The lowest BCUT2D eigenvalue weighted by Crippen LogP contribution is -2.18. The van der Waals surface area contributed by atoms with Crippen molar-refractivity contribution in [3.8, 4) is 10.6 Å². The third kappa shape index (κ3) is 4.34. The molecule has 3 heterocycles. The molecule has 0 aliphatic heterocycles. The van der Waals surface area contributed by atoms with Crippen molar-refractivity contribution in [3.05, 3.63) is 58.6 Å². The van der Waals surface area contributed by atoms with Crippen LogP contribution < -0.4 is 10.6 Å². The highest BCUT2D eigenvalue weighted by atomic mass is 32.1. The Morgan fingerprint density at radius 3 is 2.45 bits per heavy atom. The second kappa shape index (κ2) is 8.31. The number of hydrogen-bond acceptors (Lipinski definition) is 6. The lowest BCUT2D eigenvalue weighted by atomic mass is 10.1. The van der Waals surface area contributed by atoms with Gasteiger partial charge in [0.15, 0.2) is 0 Å². The molecule has 158 valence electrons. The van der Waals surface area contributed by atoms with Crippen LogP contribution in [0.15, 0.2) is 47.0 Å². The molecule has 0 saturated heterocycles. The number of aryl methyl sites for hydroxylation is 2. The van der Waals surface area contributed by atoms with E-state index in [1.807, 2.05) is 32.9 Å². The fourth-order valence-corrected chi connectivity index (χ4v) is 3.96. The standard InChI is InChI=1S/C23H22N4O3S/c1-12(2)21(28)24-15-6-5-7-16(10-15)25-22(29)17-11-18(19-9-8-13(3)31-19)26-23-20(17)14(4)27-30-23/h5-12H,1-4H3,(H,24,28)(H,25,29). The topological polar surface area (TPSA) is 97.1 Å². The van der Waals surface area contributed by atoms with E-state index in [0.29, 0.717) is 39.4 Å². The molecule has 4 rings (SSSR count). The molecule has 7 nitrogen and oxygen atoms in total. The monoisotopic (exact) mass is 434 g/mol. The van der Waals surface area contributed by atoms with E-state index in [2.05, 4.69) is 20.8 Å². The number of thiophene rings is 1. The van der Waals surface area contributed by atoms with E-state index in [1.165, 1.54) is 0 Å². The number of rotatable bonds is 5. The van der Waals surface area contributed by atoms with Crippen molar-refractivity contribution in [2.45, 2.75) is 27.7 Å². The van der Waals surface area contributed by atoms with Crippen molar-refractivity contribution >= 4 is 45.6 Å². The van der Waals surface area contributed by atoms with Gasteiger partial charge in [-0.2, -0.15) is 0 Å². The van der Waals surface area contributed by atoms with Crippen molar-refractivity contribution in [2.24, 2.45) is 5.92 Å². The largest absolute Gasteiger partial charge is 0.335 e. The summed E-state index contributed by atoms with van der Waals surface area (Å²) in [4.78, 5) is 31.8. The average molecular weight is 435 g/mol. The number of hydrogen-bond donors (Lipinski definition) is 2. The van der Waals surface area contributed by atoms with Crippen LogP contribution in [0.5, 0.6) is 0 Å². The van der Waals surface area contributed by atoms with Crippen LogP contribution in [-0.4, -0.2) is 22.0 Å². The zero-order valence-corrected chi connectivity index (χ0v) is 18.5. The van der Waals surface area contributed by atoms with Crippen LogP contribution in [0, 0.1) is 19.8 Å². The summed E-state index contributed by atoms with van der Waals surface area (Å²) >= 11 is 1.59. The van der Waals surface area contributed by atoms with E-state index in [0.717, 1.165) is 9.75 Å². The Bertz CT molecular complexity index is 1290. The number of benzene rings is 1. The van der Waals surface area contributed by atoms with Crippen molar-refractivity contribution in [2.75, 3.05) is 10.6 Å². The third-order valence-corrected chi connectivity index (χ3v) is 5.79. The highest BCUT2D eigenvalue weighted by Crippen LogP contribution is 2.31. The number of amides is 2. The molecule has 0 radical (unpaired) electrons. The van der Waals surface area contributed by atoms with E-state index in [1.54, 1.807) is 48.6 Å². The predicted molar refractivity (Wildman–Crippen MR) is 122 cm³/mol. The number of pyridine rings is 1. The van der Waals surface area contributed by atoms with E-state index >= 15 is 0 Å². The maximum Gasteiger partial charge on any atom is 0.259 e. The fourth-order valence-electron chi connectivity index (χ4n) is 3.13. The van der Waals surface area contributed by atoms with Gasteiger partial charge < -0.3 is 15.2 Å². The van der Waals surface area contributed by atoms with Gasteiger partial charge in [0.1, 0.15) is 0 Å². The SMILES string of the molecule is Cc1ccc(-c2cc(C(=O)Nc3cccc(NC(=O)C(C)C)c3)c3c(C)noc3n2)s1. The van der Waals surface area contributed by atoms with Crippen molar-refractivity contribution in [3.63, 3.8) is 0 Å². The molecule has 1 aromatic carbocycles. The molecule has 31 heavy (non-hydrogen) atoms. The van der Waals surface area contributed by atoms with Gasteiger partial charge in [-0.05, 0) is 50.2 Å². The Balaban J connectivity index is 1.68. The van der Waals surface area contributed by atoms with E-state index in [4.69, 9.17) is 4.52 Å². The number of anilines is 2. The van der Waals surface area contributed by atoms with E-state index in [9.17, 15) is 9.59 Å². The molecule has 4 aromatic rings. The Morgan fingerprint density at radius 2 is 1.77 bits per heavy atom. The molecule has 0 aliphatic carbocycles. The molecule has 8 heteroatoms. The smallest absolute Gasteiger partial charge is 0.259 e. The maximum absolute atomic E-state index is 13.2. The van der Waals surface area contributed by atoms with Gasteiger partial charge in [0, 0.05) is 22.2 Å². The first kappa shape index (κ1) is 20.7. The summed E-state index contributed by atoms with van der Waals surface area (Å²) in [5.74, 6) is -0.532. The van der Waals surface area contributed by atoms with Crippen LogP contribution >= 0.6 is 11.3 Å². The van der Waals surface area contributed by atoms with Gasteiger partial charge in [0.05, 0.1) is 27.2 Å². The Labute approximate surface area is 183 Å². The number of carbonyl (C=O) groups is 2. The number of aromatic nitrogens is 2. The molecule has 2 amide bonds. The lowest BCUT2D eigenvalue weighted by Gasteiger charge is -2.11. The summed E-state index contributed by atoms with van der Waals surface area (Å²) in [7, 11) is 0. The highest BCUT2D eigenvalue weighted by molar-refractivity contribution is 7.15. The van der Waals surface area contributed by atoms with Crippen LogP contribution in [0.3, 0.4) is 0 Å². The van der Waals surface area contributed by atoms with Gasteiger partial charge >= 0.3 is 0 Å². The summed E-state index contributed by atoms with van der Waals surface area (Å²) in [6.45, 7) is 7.44. The minimum Gasteiger partial charge on any atom is -0.335 e. The Kier molecular flexibility index (Phi) is 5.56. The second-order valence-electron chi connectivity index (χ2n) is 7.59. The molecule has 0 aliphatic rings. The van der Waals surface area contributed by atoms with E-state index < -0.39 is 0 Å². The number of nitrogens with zero attached hydrogens (tertiary/aromatic N) is 2. The summed E-state index contributed by atoms with van der Waals surface area (Å²) in [5.41, 5.74) is 3.20. The van der Waals surface area contributed by atoms with Crippen LogP contribution in [0.2, 0.25) is 0 Å². The van der Waals surface area contributed by atoms with Crippen LogP contribution in [-0.2, 0) is 4.79 Å². The van der Waals surface area contributed by atoms with Gasteiger partial charge in [-0.3, -0.25) is 9.59 Å². The number of fused-ring (bicyclic) bond motifs is 1. The minimum atomic E-state index is -0.305. The molecule has 2 N–H and O–H groups in total. The van der Waals surface area contributed by atoms with Gasteiger partial charge in [-0.15, -0.1) is 11.3 Å².